The van der Waals surface area contributed by atoms with Crippen LogP contribution < -0.4 is 0 Å². The lowest BCUT2D eigenvalue weighted by Gasteiger charge is -2.14. The molecule has 0 nitrogen and oxygen atoms in total. The van der Waals surface area contributed by atoms with Crippen LogP contribution in [0, 0.1) is 0 Å². The second kappa shape index (κ2) is 4.66. The molecule has 0 aliphatic rings. The van der Waals surface area contributed by atoms with Gasteiger partial charge in [-0.3, -0.25) is 0 Å². The van der Waals surface area contributed by atoms with Gasteiger partial charge in [0, 0.05) is 0 Å². The molecule has 0 aromatic heterocycles. The van der Waals surface area contributed by atoms with Gasteiger partial charge in [0.2, 0.25) is 0 Å². The van der Waals surface area contributed by atoms with Crippen molar-refractivity contribution in [3.63, 3.8) is 0 Å². The van der Waals surface area contributed by atoms with Gasteiger partial charge in [-0.15, -0.1) is 0 Å². The van der Waals surface area contributed by atoms with Gasteiger partial charge in [0.15, 0.2) is 0 Å². The first-order valence-corrected chi connectivity index (χ1v) is 4.93. The van der Waals surface area contributed by atoms with E-state index in [1.54, 1.807) is 0 Å². The summed E-state index contributed by atoms with van der Waals surface area (Å²) < 4.78 is 74.9. The summed E-state index contributed by atoms with van der Waals surface area (Å²) >= 11 is 0. The highest BCUT2D eigenvalue weighted by Crippen LogP contribution is 2.36. The van der Waals surface area contributed by atoms with Crippen molar-refractivity contribution in [1.82, 2.24) is 0 Å². The van der Waals surface area contributed by atoms with E-state index in [4.69, 9.17) is 0 Å². The van der Waals surface area contributed by atoms with Crippen LogP contribution in [0.25, 0.3) is 0 Å². The van der Waals surface area contributed by atoms with E-state index in [9.17, 15) is 26.3 Å². The molecule has 1 rings (SSSR count). The Labute approximate surface area is 99.9 Å². The smallest absolute Gasteiger partial charge is 0.166 e. The molecule has 0 N–H and O–H groups in total. The van der Waals surface area contributed by atoms with Crippen LogP contribution in [0.4, 0.5) is 26.3 Å². The van der Waals surface area contributed by atoms with Crippen LogP contribution in [-0.4, -0.2) is 0 Å². The molecule has 0 unspecified atom stereocenters. The van der Waals surface area contributed by atoms with Crippen molar-refractivity contribution in [2.45, 2.75) is 25.7 Å². The van der Waals surface area contributed by atoms with Crippen molar-refractivity contribution in [1.29, 1.82) is 0 Å². The molecule has 0 fully saturated rings. The fraction of sp³-hybridized carbons (Fsp3) is 0.333. The predicted molar refractivity (Wildman–Crippen MR) is 55.0 cm³/mol. The molecular formula is C12H10F6. The van der Waals surface area contributed by atoms with Gasteiger partial charge in [-0.05, 0) is 37.1 Å². The van der Waals surface area contributed by atoms with Gasteiger partial charge in [0.05, 0.1) is 11.1 Å². The van der Waals surface area contributed by atoms with Crippen molar-refractivity contribution in [2.24, 2.45) is 0 Å². The van der Waals surface area contributed by atoms with Crippen molar-refractivity contribution in [3.05, 3.63) is 47.0 Å². The molecule has 0 atom stereocenters. The van der Waals surface area contributed by atoms with Gasteiger partial charge in [-0.25, -0.2) is 0 Å². The number of benzene rings is 1. The third-order valence-corrected chi connectivity index (χ3v) is 2.15. The second-order valence-electron chi connectivity index (χ2n) is 4.05. The minimum Gasteiger partial charge on any atom is -0.166 e. The fourth-order valence-corrected chi connectivity index (χ4v) is 1.47. The summed E-state index contributed by atoms with van der Waals surface area (Å²) in [7, 11) is 0. The quantitative estimate of drug-likeness (QED) is 0.531. The lowest BCUT2D eigenvalue weighted by molar-refractivity contribution is -0.143. The highest BCUT2D eigenvalue weighted by atomic mass is 19.4. The summed E-state index contributed by atoms with van der Waals surface area (Å²) in [6, 6.07) is 1.54. The van der Waals surface area contributed by atoms with Gasteiger partial charge in [0.25, 0.3) is 0 Å². The number of rotatable bonds is 2. The van der Waals surface area contributed by atoms with Crippen LogP contribution in [-0.2, 0) is 18.8 Å². The molecule has 0 spiro atoms. The van der Waals surface area contributed by atoms with Crippen molar-refractivity contribution >= 4 is 0 Å². The zero-order valence-corrected chi connectivity index (χ0v) is 9.41. The van der Waals surface area contributed by atoms with Crippen molar-refractivity contribution < 1.29 is 26.3 Å². The molecule has 1 aromatic carbocycles. The summed E-state index contributed by atoms with van der Waals surface area (Å²) in [5.41, 5.74) is -2.16. The molecule has 0 saturated carbocycles. The number of halogens is 6. The van der Waals surface area contributed by atoms with E-state index in [2.05, 4.69) is 6.58 Å². The molecule has 100 valence electrons. The Morgan fingerprint density at radius 3 is 1.61 bits per heavy atom. The number of hydrogen-bond acceptors (Lipinski definition) is 0. The normalized spacial score (nSPS) is 12.6. The summed E-state index contributed by atoms with van der Waals surface area (Å²) in [5, 5.41) is 0. The Bertz CT molecular complexity index is 420. The molecule has 1 aromatic rings. The monoisotopic (exact) mass is 268 g/mol. The first-order chi connectivity index (χ1) is 8.00. The standard InChI is InChI=1S/C12H10F6/c1-7(2)3-8-4-9(11(13,14)15)6-10(5-8)12(16,17)18/h4-6H,1,3H2,2H3. The molecular weight excluding hydrogens is 258 g/mol. The minimum absolute atomic E-state index is 0.0208. The molecule has 0 aliphatic carbocycles. The van der Waals surface area contributed by atoms with E-state index in [0.29, 0.717) is 17.7 Å². The average molecular weight is 268 g/mol. The Morgan fingerprint density at radius 1 is 0.944 bits per heavy atom. The second-order valence-corrected chi connectivity index (χ2v) is 4.05. The molecule has 0 heterocycles. The summed E-state index contributed by atoms with van der Waals surface area (Å²) in [6.07, 6.45) is -9.62. The summed E-state index contributed by atoms with van der Waals surface area (Å²) in [4.78, 5) is 0. The fourth-order valence-electron chi connectivity index (χ4n) is 1.47. The van der Waals surface area contributed by atoms with Crippen molar-refractivity contribution in [2.75, 3.05) is 0 Å². The molecule has 0 bridgehead atoms. The van der Waals surface area contributed by atoms with Crippen LogP contribution in [0.15, 0.2) is 30.4 Å². The van der Waals surface area contributed by atoms with Crippen LogP contribution in [0.1, 0.15) is 23.6 Å². The van der Waals surface area contributed by atoms with Gasteiger partial charge in [-0.2, -0.15) is 26.3 Å². The van der Waals surface area contributed by atoms with E-state index < -0.39 is 23.5 Å². The highest BCUT2D eigenvalue weighted by molar-refractivity contribution is 5.35. The number of allylic oxidation sites excluding steroid dienone is 1. The van der Waals surface area contributed by atoms with Crippen LogP contribution in [0.3, 0.4) is 0 Å². The summed E-state index contributed by atoms with van der Waals surface area (Å²) in [5.74, 6) is 0. The first kappa shape index (κ1) is 14.6. The van der Waals surface area contributed by atoms with E-state index in [-0.39, 0.29) is 18.1 Å². The maximum Gasteiger partial charge on any atom is 0.416 e. The van der Waals surface area contributed by atoms with Crippen LogP contribution in [0.5, 0.6) is 0 Å². The lowest BCUT2D eigenvalue weighted by Crippen LogP contribution is -2.11. The predicted octanol–water partition coefficient (Wildman–Crippen LogP) is 4.84. The highest BCUT2D eigenvalue weighted by Gasteiger charge is 2.36. The SMILES string of the molecule is C=C(C)Cc1cc(C(F)(F)F)cc(C(F)(F)F)c1. The molecule has 0 saturated heterocycles. The zero-order valence-electron chi connectivity index (χ0n) is 9.41. The zero-order chi connectivity index (χ0) is 14.1. The third kappa shape index (κ3) is 3.78. The molecule has 6 heteroatoms. The number of alkyl halides is 6. The lowest BCUT2D eigenvalue weighted by atomic mass is 10.0. The largest absolute Gasteiger partial charge is 0.416 e. The third-order valence-electron chi connectivity index (χ3n) is 2.15. The average Bonchev–Trinajstić information content (AvgIpc) is 2.13. The minimum atomic E-state index is -4.80. The van der Waals surface area contributed by atoms with Gasteiger partial charge < -0.3 is 0 Å². The van der Waals surface area contributed by atoms with Gasteiger partial charge in [0.1, 0.15) is 0 Å². The molecule has 0 radical (unpaired) electrons. The van der Waals surface area contributed by atoms with Gasteiger partial charge in [-0.1, -0.05) is 12.2 Å². The molecule has 18 heavy (non-hydrogen) atoms. The topological polar surface area (TPSA) is 0 Å². The Balaban J connectivity index is 3.34. The maximum atomic E-state index is 12.5. The first-order valence-electron chi connectivity index (χ1n) is 4.93. The van der Waals surface area contributed by atoms with E-state index in [1.807, 2.05) is 0 Å². The Hall–Kier alpha value is -1.46. The number of hydrogen-bond donors (Lipinski definition) is 0. The Kier molecular flexibility index (Phi) is 3.78. The van der Waals surface area contributed by atoms with Crippen LogP contribution >= 0.6 is 0 Å². The van der Waals surface area contributed by atoms with E-state index in [0.717, 1.165) is 0 Å². The van der Waals surface area contributed by atoms with Gasteiger partial charge >= 0.3 is 12.4 Å². The molecule has 0 amide bonds. The van der Waals surface area contributed by atoms with Crippen molar-refractivity contribution in [3.8, 4) is 0 Å². The van der Waals surface area contributed by atoms with Crippen LogP contribution in [0.2, 0.25) is 0 Å². The summed E-state index contributed by atoms with van der Waals surface area (Å²) in [6.45, 7) is 5.01. The van der Waals surface area contributed by atoms with E-state index in [1.165, 1.54) is 6.92 Å². The molecule has 0 aliphatic heterocycles. The maximum absolute atomic E-state index is 12.5. The Morgan fingerprint density at radius 2 is 1.33 bits per heavy atom. The van der Waals surface area contributed by atoms with E-state index >= 15 is 0 Å².